The summed E-state index contributed by atoms with van der Waals surface area (Å²) in [5, 5.41) is 4.99. The van der Waals surface area contributed by atoms with Gasteiger partial charge in [-0.05, 0) is 39.3 Å². The number of imide groups is 1. The summed E-state index contributed by atoms with van der Waals surface area (Å²) in [6, 6.07) is 2.29. The van der Waals surface area contributed by atoms with Crippen LogP contribution in [0.15, 0.2) is 18.2 Å². The minimum absolute atomic E-state index is 0.503. The van der Waals surface area contributed by atoms with Crippen molar-refractivity contribution in [3.8, 4) is 0 Å². The quantitative estimate of drug-likeness (QED) is 0.795. The number of rotatable bonds is 5. The second-order valence-corrected chi connectivity index (χ2v) is 6.83. The largest absolute Gasteiger partial charge is 0.350 e. The molecule has 0 spiro atoms. The second-order valence-electron chi connectivity index (χ2n) is 6.83. The lowest BCUT2D eigenvalue weighted by Gasteiger charge is -2.26. The van der Waals surface area contributed by atoms with Crippen molar-refractivity contribution in [1.29, 1.82) is 0 Å². The van der Waals surface area contributed by atoms with Crippen LogP contribution >= 0.6 is 0 Å². The number of carbonyl (C=O) groups excluding carboxylic acids is 3. The fraction of sp³-hybridized carbons (Fsp3) is 0.471. The first-order valence-electron chi connectivity index (χ1n) is 7.91. The van der Waals surface area contributed by atoms with Crippen molar-refractivity contribution in [1.82, 2.24) is 15.5 Å². The zero-order chi connectivity index (χ0) is 19.0. The average Bonchev–Trinajstić information content (AvgIpc) is 2.70. The van der Waals surface area contributed by atoms with Gasteiger partial charge in [-0.15, -0.1) is 0 Å². The van der Waals surface area contributed by atoms with Crippen LogP contribution in [0, 0.1) is 11.6 Å². The Hall–Kier alpha value is -2.51. The molecule has 8 heteroatoms. The SMILES string of the molecule is CCC(C)(C)NC(=O)CN1C(=O)N[C@@](C)(c2c(F)cccc2F)C1=O. The van der Waals surface area contributed by atoms with Crippen molar-refractivity contribution in [3.63, 3.8) is 0 Å². The summed E-state index contributed by atoms with van der Waals surface area (Å²) < 4.78 is 28.1. The predicted molar refractivity (Wildman–Crippen MR) is 86.5 cm³/mol. The molecule has 1 saturated heterocycles. The lowest BCUT2D eigenvalue weighted by molar-refractivity contribution is -0.135. The molecule has 0 aromatic heterocycles. The molecule has 0 unspecified atom stereocenters. The van der Waals surface area contributed by atoms with Gasteiger partial charge < -0.3 is 10.6 Å². The number of nitrogens with zero attached hydrogens (tertiary/aromatic N) is 1. The van der Waals surface area contributed by atoms with Gasteiger partial charge in [0.05, 0.1) is 5.56 Å². The Kier molecular flexibility index (Phi) is 4.83. The Morgan fingerprint density at radius 1 is 1.28 bits per heavy atom. The topological polar surface area (TPSA) is 78.5 Å². The average molecular weight is 353 g/mol. The van der Waals surface area contributed by atoms with Crippen LogP contribution in [0.5, 0.6) is 0 Å². The van der Waals surface area contributed by atoms with Crippen LogP contribution in [0.25, 0.3) is 0 Å². The minimum Gasteiger partial charge on any atom is -0.350 e. The van der Waals surface area contributed by atoms with Crippen LogP contribution in [0.4, 0.5) is 13.6 Å². The molecule has 1 fully saturated rings. The highest BCUT2D eigenvalue weighted by atomic mass is 19.1. The van der Waals surface area contributed by atoms with Crippen LogP contribution in [-0.4, -0.2) is 34.8 Å². The lowest BCUT2D eigenvalue weighted by Crippen LogP contribution is -2.49. The first-order valence-corrected chi connectivity index (χ1v) is 7.91. The molecule has 4 amide bonds. The van der Waals surface area contributed by atoms with Gasteiger partial charge in [0.25, 0.3) is 5.91 Å². The number of benzene rings is 1. The Bertz CT molecular complexity index is 716. The standard InChI is InChI=1S/C17H21F2N3O3/c1-5-16(2,3)20-12(23)9-22-14(24)17(4,21-15(22)25)13-10(18)7-6-8-11(13)19/h6-8H,5,9H2,1-4H3,(H,20,23)(H,21,25)/t17-/m0/s1. The molecule has 6 nitrogen and oxygen atoms in total. The zero-order valence-electron chi connectivity index (χ0n) is 14.6. The van der Waals surface area contributed by atoms with Crippen LogP contribution in [0.1, 0.15) is 39.7 Å². The molecule has 0 radical (unpaired) electrons. The van der Waals surface area contributed by atoms with Gasteiger partial charge in [0.2, 0.25) is 5.91 Å². The van der Waals surface area contributed by atoms with Gasteiger partial charge >= 0.3 is 6.03 Å². The highest BCUT2D eigenvalue weighted by molar-refractivity contribution is 6.09. The van der Waals surface area contributed by atoms with Crippen molar-refractivity contribution in [2.45, 2.75) is 45.2 Å². The molecule has 1 aromatic carbocycles. The molecule has 1 atom stereocenters. The van der Waals surface area contributed by atoms with E-state index in [1.807, 2.05) is 6.92 Å². The molecule has 1 aliphatic rings. The number of hydrogen-bond donors (Lipinski definition) is 2. The second kappa shape index (κ2) is 6.42. The zero-order valence-corrected chi connectivity index (χ0v) is 14.6. The molecular formula is C17H21F2N3O3. The van der Waals surface area contributed by atoms with Crippen molar-refractivity contribution < 1.29 is 23.2 Å². The maximum Gasteiger partial charge on any atom is 0.325 e. The molecule has 2 N–H and O–H groups in total. The van der Waals surface area contributed by atoms with Gasteiger partial charge in [-0.3, -0.25) is 14.5 Å². The first kappa shape index (κ1) is 18.8. The van der Waals surface area contributed by atoms with Gasteiger partial charge in [0.15, 0.2) is 0 Å². The van der Waals surface area contributed by atoms with E-state index < -0.39 is 52.7 Å². The van der Waals surface area contributed by atoms with Gasteiger partial charge in [0.1, 0.15) is 23.7 Å². The van der Waals surface area contributed by atoms with Gasteiger partial charge in [0, 0.05) is 5.54 Å². The van der Waals surface area contributed by atoms with E-state index in [2.05, 4.69) is 10.6 Å². The summed E-state index contributed by atoms with van der Waals surface area (Å²) in [5.74, 6) is -3.32. The first-order chi connectivity index (χ1) is 11.5. The number of nitrogens with one attached hydrogen (secondary N) is 2. The fourth-order valence-electron chi connectivity index (χ4n) is 2.63. The summed E-state index contributed by atoms with van der Waals surface area (Å²) in [7, 11) is 0. The van der Waals surface area contributed by atoms with Crippen LogP contribution in [0.3, 0.4) is 0 Å². The highest BCUT2D eigenvalue weighted by Crippen LogP contribution is 2.32. The molecule has 136 valence electrons. The van der Waals surface area contributed by atoms with E-state index in [0.717, 1.165) is 18.2 Å². The third kappa shape index (κ3) is 3.47. The Balaban J connectivity index is 2.27. The van der Waals surface area contributed by atoms with E-state index in [1.165, 1.54) is 6.92 Å². The minimum atomic E-state index is -1.91. The van der Waals surface area contributed by atoms with E-state index in [-0.39, 0.29) is 0 Å². The maximum absolute atomic E-state index is 14.1. The number of urea groups is 1. The van der Waals surface area contributed by atoms with E-state index in [1.54, 1.807) is 13.8 Å². The van der Waals surface area contributed by atoms with Crippen molar-refractivity contribution >= 4 is 17.8 Å². The van der Waals surface area contributed by atoms with Crippen molar-refractivity contribution in [2.75, 3.05) is 6.54 Å². The molecule has 1 heterocycles. The highest BCUT2D eigenvalue weighted by Gasteiger charge is 2.52. The molecule has 1 aliphatic heterocycles. The molecule has 0 aliphatic carbocycles. The number of carbonyl (C=O) groups is 3. The normalized spacial score (nSPS) is 20.6. The Morgan fingerprint density at radius 3 is 2.36 bits per heavy atom. The summed E-state index contributed by atoms with van der Waals surface area (Å²) >= 11 is 0. The third-order valence-electron chi connectivity index (χ3n) is 4.40. The molecule has 0 saturated carbocycles. The van der Waals surface area contributed by atoms with Gasteiger partial charge in [-0.25, -0.2) is 13.6 Å². The molecule has 1 aromatic rings. The fourth-order valence-corrected chi connectivity index (χ4v) is 2.63. The third-order valence-corrected chi connectivity index (χ3v) is 4.40. The summed E-state index contributed by atoms with van der Waals surface area (Å²) in [4.78, 5) is 37.6. The van der Waals surface area contributed by atoms with Crippen LogP contribution < -0.4 is 10.6 Å². The smallest absolute Gasteiger partial charge is 0.325 e. The predicted octanol–water partition coefficient (Wildman–Crippen LogP) is 2.04. The van der Waals surface area contributed by atoms with Crippen molar-refractivity contribution in [3.05, 3.63) is 35.4 Å². The number of halogens is 2. The lowest BCUT2D eigenvalue weighted by atomic mass is 9.91. The molecule has 0 bridgehead atoms. The molecule has 25 heavy (non-hydrogen) atoms. The number of hydrogen-bond acceptors (Lipinski definition) is 3. The van der Waals surface area contributed by atoms with Gasteiger partial charge in [-0.2, -0.15) is 0 Å². The van der Waals surface area contributed by atoms with E-state index >= 15 is 0 Å². The Labute approximate surface area is 144 Å². The summed E-state index contributed by atoms with van der Waals surface area (Å²) in [5.41, 5.74) is -2.96. The summed E-state index contributed by atoms with van der Waals surface area (Å²) in [6.45, 7) is 6.17. The Morgan fingerprint density at radius 2 is 1.84 bits per heavy atom. The van der Waals surface area contributed by atoms with Crippen LogP contribution in [0.2, 0.25) is 0 Å². The van der Waals surface area contributed by atoms with Crippen LogP contribution in [-0.2, 0) is 15.1 Å². The molecule has 2 rings (SSSR count). The van der Waals surface area contributed by atoms with E-state index in [4.69, 9.17) is 0 Å². The van der Waals surface area contributed by atoms with Gasteiger partial charge in [-0.1, -0.05) is 13.0 Å². The monoisotopic (exact) mass is 353 g/mol. The summed E-state index contributed by atoms with van der Waals surface area (Å²) in [6.07, 6.45) is 0.650. The molecular weight excluding hydrogens is 332 g/mol. The number of amides is 4. The van der Waals surface area contributed by atoms with E-state index in [0.29, 0.717) is 11.3 Å². The van der Waals surface area contributed by atoms with E-state index in [9.17, 15) is 23.2 Å². The van der Waals surface area contributed by atoms with Crippen molar-refractivity contribution in [2.24, 2.45) is 0 Å². The maximum atomic E-state index is 14.1.